The fourth-order valence-corrected chi connectivity index (χ4v) is 7.12. The quantitative estimate of drug-likeness (QED) is 0.0725. The Kier molecular flexibility index (Phi) is 13.8. The number of aromatic nitrogens is 1. The van der Waals surface area contributed by atoms with Crippen molar-refractivity contribution in [1.82, 2.24) is 15.6 Å². The summed E-state index contributed by atoms with van der Waals surface area (Å²) >= 11 is 1.36. The molecule has 1 aliphatic heterocycles. The number of nitrogens with zero attached hydrogens (tertiary/aromatic N) is 1. The Morgan fingerprint density at radius 1 is 0.843 bits per heavy atom. The van der Waals surface area contributed by atoms with Crippen molar-refractivity contribution in [3.8, 4) is 11.1 Å². The standard InChI is InChI=1S/C40H45N3O7S/c1-26-35(25-51-38-34(39(47)48)10-7-21-42-38)49-40(50-37(26)31-14-12-28(24-44)13-15-31)32-18-16-30(17-19-32)33-9-6-8-29(22-33)23-43-36(46)11-4-3-5-20-41-27(2)45/h6-10,12-19,21-22,26,35,37,40,44H,3-5,11,20,23-25H2,1-2H3,(H,41,45)(H,43,46)(H,47,48). The van der Waals surface area contributed by atoms with Crippen LogP contribution in [0.2, 0.25) is 0 Å². The summed E-state index contributed by atoms with van der Waals surface area (Å²) in [6.45, 7) is 4.59. The predicted octanol–water partition coefficient (Wildman–Crippen LogP) is 6.84. The van der Waals surface area contributed by atoms with Crippen molar-refractivity contribution in [2.75, 3.05) is 12.3 Å². The Labute approximate surface area is 303 Å². The predicted molar refractivity (Wildman–Crippen MR) is 196 cm³/mol. The highest BCUT2D eigenvalue weighted by atomic mass is 32.2. The van der Waals surface area contributed by atoms with Crippen molar-refractivity contribution in [2.24, 2.45) is 5.92 Å². The lowest BCUT2D eigenvalue weighted by Gasteiger charge is -2.41. The number of nitrogens with one attached hydrogen (secondary N) is 2. The van der Waals surface area contributed by atoms with Crippen LogP contribution in [0.3, 0.4) is 0 Å². The number of aliphatic hydroxyl groups is 1. The molecule has 0 spiro atoms. The second-order valence-electron chi connectivity index (χ2n) is 12.7. The van der Waals surface area contributed by atoms with Crippen LogP contribution in [0.4, 0.5) is 0 Å². The molecule has 1 aliphatic rings. The van der Waals surface area contributed by atoms with E-state index >= 15 is 0 Å². The van der Waals surface area contributed by atoms with Crippen LogP contribution in [0.15, 0.2) is 96.2 Å². The monoisotopic (exact) mass is 711 g/mol. The maximum atomic E-state index is 12.4. The molecule has 268 valence electrons. The summed E-state index contributed by atoms with van der Waals surface area (Å²) in [5, 5.41) is 25.4. The van der Waals surface area contributed by atoms with Gasteiger partial charge in [0.1, 0.15) is 5.03 Å². The van der Waals surface area contributed by atoms with Crippen LogP contribution >= 0.6 is 11.8 Å². The van der Waals surface area contributed by atoms with Crippen molar-refractivity contribution in [3.63, 3.8) is 0 Å². The second kappa shape index (κ2) is 18.6. The van der Waals surface area contributed by atoms with E-state index in [0.717, 1.165) is 52.6 Å². The lowest BCUT2D eigenvalue weighted by Crippen LogP contribution is -2.38. The Bertz CT molecular complexity index is 1770. The third-order valence-electron chi connectivity index (χ3n) is 8.90. The number of carbonyl (C=O) groups excluding carboxylic acids is 2. The van der Waals surface area contributed by atoms with Gasteiger partial charge in [0.2, 0.25) is 11.8 Å². The summed E-state index contributed by atoms with van der Waals surface area (Å²) in [5.74, 6) is -0.644. The van der Waals surface area contributed by atoms with Crippen molar-refractivity contribution >= 4 is 29.5 Å². The molecular weight excluding hydrogens is 667 g/mol. The lowest BCUT2D eigenvalue weighted by molar-refractivity contribution is -0.268. The molecule has 1 aromatic heterocycles. The highest BCUT2D eigenvalue weighted by Crippen LogP contribution is 2.43. The SMILES string of the molecule is CC(=O)NCCCCCC(=O)NCc1cccc(-c2ccc(C3OC(CSc4ncccc4C(=O)O)C(C)C(c4ccc(CO)cc4)O3)cc2)c1. The van der Waals surface area contributed by atoms with E-state index in [9.17, 15) is 24.6 Å². The topological polar surface area (TPSA) is 147 Å². The number of benzene rings is 3. The fraction of sp³-hybridized carbons (Fsp3) is 0.350. The minimum absolute atomic E-state index is 0.00721. The van der Waals surface area contributed by atoms with Gasteiger partial charge in [-0.05, 0) is 58.9 Å². The molecule has 5 rings (SSSR count). The van der Waals surface area contributed by atoms with Gasteiger partial charge in [-0.1, -0.05) is 80.1 Å². The van der Waals surface area contributed by atoms with Crippen molar-refractivity contribution in [1.29, 1.82) is 0 Å². The van der Waals surface area contributed by atoms with Gasteiger partial charge in [-0.3, -0.25) is 9.59 Å². The number of unbranched alkanes of at least 4 members (excludes halogenated alkanes) is 2. The smallest absolute Gasteiger partial charge is 0.338 e. The van der Waals surface area contributed by atoms with Crippen LogP contribution in [0.5, 0.6) is 0 Å². The first-order chi connectivity index (χ1) is 24.7. The molecule has 10 nitrogen and oxygen atoms in total. The van der Waals surface area contributed by atoms with Crippen LogP contribution in [0.25, 0.3) is 11.1 Å². The van der Waals surface area contributed by atoms with E-state index in [1.54, 1.807) is 18.3 Å². The third kappa shape index (κ3) is 10.7. The summed E-state index contributed by atoms with van der Waals surface area (Å²) in [6.07, 6.45) is 3.29. The third-order valence-corrected chi connectivity index (χ3v) is 9.99. The van der Waals surface area contributed by atoms with Crippen molar-refractivity contribution < 1.29 is 34.1 Å². The minimum Gasteiger partial charge on any atom is -0.478 e. The Balaban J connectivity index is 1.25. The van der Waals surface area contributed by atoms with E-state index in [2.05, 4.69) is 28.6 Å². The van der Waals surface area contributed by atoms with E-state index in [1.807, 2.05) is 66.7 Å². The Morgan fingerprint density at radius 3 is 2.33 bits per heavy atom. The number of amides is 2. The van der Waals surface area contributed by atoms with Gasteiger partial charge in [0, 0.05) is 49.9 Å². The summed E-state index contributed by atoms with van der Waals surface area (Å²) in [5.41, 5.74) is 5.81. The number of carbonyl (C=O) groups is 3. The molecule has 0 radical (unpaired) electrons. The number of aromatic carboxylic acids is 1. The average Bonchev–Trinajstić information content (AvgIpc) is 3.15. The van der Waals surface area contributed by atoms with Gasteiger partial charge in [-0.2, -0.15) is 0 Å². The number of aliphatic hydroxyl groups excluding tert-OH is 1. The highest BCUT2D eigenvalue weighted by molar-refractivity contribution is 7.99. The summed E-state index contributed by atoms with van der Waals surface area (Å²) in [4.78, 5) is 39.5. The van der Waals surface area contributed by atoms with Gasteiger partial charge < -0.3 is 30.3 Å². The van der Waals surface area contributed by atoms with Gasteiger partial charge in [-0.15, -0.1) is 11.8 Å². The van der Waals surface area contributed by atoms with Crippen molar-refractivity contribution in [2.45, 2.75) is 76.2 Å². The van der Waals surface area contributed by atoms with E-state index in [-0.39, 0.29) is 42.1 Å². The molecule has 0 saturated carbocycles. The molecule has 3 aromatic carbocycles. The lowest BCUT2D eigenvalue weighted by atomic mass is 9.91. The molecule has 1 saturated heterocycles. The van der Waals surface area contributed by atoms with Crippen LogP contribution in [0.1, 0.15) is 84.5 Å². The maximum absolute atomic E-state index is 12.4. The molecule has 11 heteroatoms. The average molecular weight is 712 g/mol. The number of carboxylic acids is 1. The molecule has 51 heavy (non-hydrogen) atoms. The van der Waals surface area contributed by atoms with Crippen molar-refractivity contribution in [3.05, 3.63) is 119 Å². The number of ether oxygens (including phenoxy) is 2. The summed E-state index contributed by atoms with van der Waals surface area (Å²) in [6, 6.07) is 27.0. The molecular formula is C40H45N3O7S. The van der Waals surface area contributed by atoms with E-state index in [4.69, 9.17) is 9.47 Å². The van der Waals surface area contributed by atoms with E-state index < -0.39 is 12.3 Å². The summed E-state index contributed by atoms with van der Waals surface area (Å²) < 4.78 is 13.2. The molecule has 4 unspecified atom stereocenters. The molecule has 1 fully saturated rings. The zero-order valence-corrected chi connectivity index (χ0v) is 29.7. The zero-order valence-electron chi connectivity index (χ0n) is 28.9. The van der Waals surface area contributed by atoms with Crippen LogP contribution in [-0.4, -0.2) is 51.4 Å². The molecule has 2 amide bonds. The highest BCUT2D eigenvalue weighted by Gasteiger charge is 2.38. The minimum atomic E-state index is -1.02. The van der Waals surface area contributed by atoms with E-state index in [1.165, 1.54) is 18.7 Å². The zero-order chi connectivity index (χ0) is 36.2. The number of rotatable bonds is 16. The first-order valence-electron chi connectivity index (χ1n) is 17.2. The largest absolute Gasteiger partial charge is 0.478 e. The van der Waals surface area contributed by atoms with E-state index in [0.29, 0.717) is 30.3 Å². The van der Waals surface area contributed by atoms with Gasteiger partial charge in [-0.25, -0.2) is 9.78 Å². The first kappa shape index (κ1) is 37.7. The molecule has 4 aromatic rings. The molecule has 0 aliphatic carbocycles. The molecule has 4 atom stereocenters. The molecule has 0 bridgehead atoms. The Morgan fingerprint density at radius 2 is 1.61 bits per heavy atom. The number of pyridine rings is 1. The first-order valence-corrected chi connectivity index (χ1v) is 18.2. The van der Waals surface area contributed by atoms with Gasteiger partial charge in [0.05, 0.1) is 24.4 Å². The van der Waals surface area contributed by atoms with Gasteiger partial charge in [0.15, 0.2) is 6.29 Å². The second-order valence-corrected chi connectivity index (χ2v) is 13.7. The number of hydrogen-bond acceptors (Lipinski definition) is 8. The number of carboxylic acid groups (broad SMARTS) is 1. The van der Waals surface area contributed by atoms with Gasteiger partial charge in [0.25, 0.3) is 0 Å². The molecule has 4 N–H and O–H groups in total. The Hall–Kier alpha value is -4.55. The van der Waals surface area contributed by atoms with Crippen LogP contribution in [0, 0.1) is 5.92 Å². The van der Waals surface area contributed by atoms with Crippen LogP contribution in [-0.2, 0) is 32.2 Å². The van der Waals surface area contributed by atoms with Gasteiger partial charge >= 0.3 is 5.97 Å². The normalized spacial score (nSPS) is 18.6. The summed E-state index contributed by atoms with van der Waals surface area (Å²) in [7, 11) is 0. The molecule has 2 heterocycles. The maximum Gasteiger partial charge on any atom is 0.338 e. The number of thioether (sulfide) groups is 1. The van der Waals surface area contributed by atoms with Crippen LogP contribution < -0.4 is 10.6 Å². The fourth-order valence-electron chi connectivity index (χ4n) is 5.97. The number of hydrogen-bond donors (Lipinski definition) is 4.